The average Bonchev–Trinajstić information content (AvgIpc) is 3.38. The van der Waals surface area contributed by atoms with E-state index >= 15 is 0 Å². The summed E-state index contributed by atoms with van der Waals surface area (Å²) in [6.45, 7) is -0.0480. The first-order valence-electron chi connectivity index (χ1n) is 9.47. The van der Waals surface area contributed by atoms with Crippen molar-refractivity contribution in [1.82, 2.24) is 25.1 Å². The van der Waals surface area contributed by atoms with Crippen molar-refractivity contribution in [2.24, 2.45) is 0 Å². The molecule has 2 heterocycles. The third-order valence-corrected chi connectivity index (χ3v) is 7.44. The van der Waals surface area contributed by atoms with Crippen molar-refractivity contribution < 1.29 is 13.2 Å². The number of tetrazole rings is 1. The van der Waals surface area contributed by atoms with E-state index in [4.69, 9.17) is 11.6 Å². The lowest BCUT2D eigenvalue weighted by molar-refractivity contribution is -0.136. The van der Waals surface area contributed by atoms with Crippen LogP contribution in [0.1, 0.15) is 32.1 Å². The Morgan fingerprint density at radius 3 is 2.50 bits per heavy atom. The Hall–Kier alpha value is -2.00. The van der Waals surface area contributed by atoms with Gasteiger partial charge in [-0.25, -0.2) is 8.42 Å². The van der Waals surface area contributed by atoms with Crippen molar-refractivity contribution in [3.05, 3.63) is 29.3 Å². The van der Waals surface area contributed by atoms with Crippen LogP contribution >= 0.6 is 11.6 Å². The zero-order chi connectivity index (χ0) is 19.7. The number of hydrogen-bond donors (Lipinski definition) is 0. The Bertz CT molecular complexity index is 954. The summed E-state index contributed by atoms with van der Waals surface area (Å²) >= 11 is 5.90. The highest BCUT2D eigenvalue weighted by molar-refractivity contribution is 7.91. The molecule has 1 aliphatic heterocycles. The number of aromatic nitrogens is 4. The molecular weight excluding hydrogens is 402 g/mol. The lowest BCUT2D eigenvalue weighted by Gasteiger charge is -2.33. The van der Waals surface area contributed by atoms with Gasteiger partial charge in [-0.15, -0.1) is 10.2 Å². The molecule has 1 aromatic heterocycles. The van der Waals surface area contributed by atoms with E-state index in [1.165, 1.54) is 4.80 Å². The summed E-state index contributed by atoms with van der Waals surface area (Å²) in [5.74, 6) is 0.473. The Kier molecular flexibility index (Phi) is 5.37. The minimum Gasteiger partial charge on any atom is -0.334 e. The third-order valence-electron chi connectivity index (χ3n) is 5.44. The molecule has 28 heavy (non-hydrogen) atoms. The first kappa shape index (κ1) is 19.3. The fourth-order valence-electron chi connectivity index (χ4n) is 4.11. The number of hydrogen-bond acceptors (Lipinski definition) is 6. The van der Waals surface area contributed by atoms with Gasteiger partial charge in [-0.1, -0.05) is 24.4 Å². The second kappa shape index (κ2) is 7.79. The lowest BCUT2D eigenvalue weighted by atomic mass is 10.1. The van der Waals surface area contributed by atoms with Crippen LogP contribution in [0.3, 0.4) is 0 Å². The second-order valence-electron chi connectivity index (χ2n) is 7.45. The minimum atomic E-state index is -3.07. The standard InChI is InChI=1S/C18H22ClN5O3S/c19-14-7-5-13(6-8-14)18-20-22-23(21-18)11-17(25)24(15-3-1-2-4-15)16-9-10-28(26,27)12-16/h5-8,15-16H,1-4,9-12H2. The van der Waals surface area contributed by atoms with E-state index in [1.54, 1.807) is 29.2 Å². The minimum absolute atomic E-state index is 0.0480. The summed E-state index contributed by atoms with van der Waals surface area (Å²) in [6.07, 6.45) is 4.48. The second-order valence-corrected chi connectivity index (χ2v) is 10.1. The number of nitrogens with zero attached hydrogens (tertiary/aromatic N) is 5. The topological polar surface area (TPSA) is 98.1 Å². The molecule has 1 aliphatic carbocycles. The van der Waals surface area contributed by atoms with Crippen molar-refractivity contribution in [3.63, 3.8) is 0 Å². The summed E-state index contributed by atoms with van der Waals surface area (Å²) in [5.41, 5.74) is 0.762. The van der Waals surface area contributed by atoms with Gasteiger partial charge in [0.15, 0.2) is 9.84 Å². The van der Waals surface area contributed by atoms with E-state index in [9.17, 15) is 13.2 Å². The number of rotatable bonds is 5. The molecular formula is C18H22ClN5O3S. The number of carbonyl (C=O) groups is 1. The Morgan fingerprint density at radius 2 is 1.86 bits per heavy atom. The molecule has 1 unspecified atom stereocenters. The maximum Gasteiger partial charge on any atom is 0.246 e. The van der Waals surface area contributed by atoms with E-state index < -0.39 is 9.84 Å². The highest BCUT2D eigenvalue weighted by Crippen LogP contribution is 2.29. The van der Waals surface area contributed by atoms with Gasteiger partial charge in [-0.3, -0.25) is 4.79 Å². The van der Waals surface area contributed by atoms with Crippen LogP contribution in [0.4, 0.5) is 0 Å². The van der Waals surface area contributed by atoms with Gasteiger partial charge >= 0.3 is 0 Å². The number of amides is 1. The zero-order valence-electron chi connectivity index (χ0n) is 15.4. The van der Waals surface area contributed by atoms with E-state index in [-0.39, 0.29) is 36.0 Å². The number of carbonyl (C=O) groups excluding carboxylic acids is 1. The predicted octanol–water partition coefficient (Wildman–Crippen LogP) is 1.95. The highest BCUT2D eigenvalue weighted by atomic mass is 35.5. The summed E-state index contributed by atoms with van der Waals surface area (Å²) in [5, 5.41) is 12.9. The van der Waals surface area contributed by atoms with E-state index in [1.807, 2.05) is 0 Å². The van der Waals surface area contributed by atoms with Gasteiger partial charge in [0, 0.05) is 22.7 Å². The van der Waals surface area contributed by atoms with Crippen LogP contribution in [0, 0.1) is 0 Å². The molecule has 10 heteroatoms. The van der Waals surface area contributed by atoms with Crippen LogP contribution in [0.25, 0.3) is 11.4 Å². The maximum atomic E-state index is 13.1. The Balaban J connectivity index is 1.50. The molecule has 0 radical (unpaired) electrons. The van der Waals surface area contributed by atoms with Gasteiger partial charge < -0.3 is 4.90 Å². The van der Waals surface area contributed by atoms with Gasteiger partial charge in [0.05, 0.1) is 11.5 Å². The van der Waals surface area contributed by atoms with Crippen molar-refractivity contribution in [2.45, 2.75) is 50.7 Å². The van der Waals surface area contributed by atoms with Crippen molar-refractivity contribution in [1.29, 1.82) is 0 Å². The quantitative estimate of drug-likeness (QED) is 0.728. The molecule has 1 saturated carbocycles. The molecule has 0 spiro atoms. The molecule has 0 bridgehead atoms. The van der Waals surface area contributed by atoms with Crippen LogP contribution < -0.4 is 0 Å². The fourth-order valence-corrected chi connectivity index (χ4v) is 5.95. The van der Waals surface area contributed by atoms with Gasteiger partial charge in [-0.2, -0.15) is 4.80 Å². The molecule has 4 rings (SSSR count). The molecule has 0 N–H and O–H groups in total. The van der Waals surface area contributed by atoms with Crippen LogP contribution in [0.15, 0.2) is 24.3 Å². The molecule has 1 saturated heterocycles. The van der Waals surface area contributed by atoms with Crippen LogP contribution in [0.2, 0.25) is 5.02 Å². The largest absolute Gasteiger partial charge is 0.334 e. The zero-order valence-corrected chi connectivity index (χ0v) is 16.9. The SMILES string of the molecule is O=C(Cn1nnc(-c2ccc(Cl)cc2)n1)N(C1CCCC1)C1CCS(=O)(=O)C1. The predicted molar refractivity (Wildman–Crippen MR) is 104 cm³/mol. The average molecular weight is 424 g/mol. The fraction of sp³-hybridized carbons (Fsp3) is 0.556. The van der Waals surface area contributed by atoms with E-state index in [2.05, 4.69) is 15.4 Å². The molecule has 1 aromatic carbocycles. The number of sulfone groups is 1. The highest BCUT2D eigenvalue weighted by Gasteiger charge is 2.39. The van der Waals surface area contributed by atoms with Gasteiger partial charge in [-0.05, 0) is 48.7 Å². The van der Waals surface area contributed by atoms with Crippen LogP contribution in [0.5, 0.6) is 0 Å². The van der Waals surface area contributed by atoms with E-state index in [0.29, 0.717) is 17.3 Å². The number of halogens is 1. The van der Waals surface area contributed by atoms with Crippen LogP contribution in [-0.2, 0) is 21.2 Å². The summed E-state index contributed by atoms with van der Waals surface area (Å²) in [7, 11) is -3.07. The van der Waals surface area contributed by atoms with Crippen molar-refractivity contribution in [2.75, 3.05) is 11.5 Å². The molecule has 8 nitrogen and oxygen atoms in total. The maximum absolute atomic E-state index is 13.1. The van der Waals surface area contributed by atoms with Gasteiger partial charge in [0.25, 0.3) is 0 Å². The summed E-state index contributed by atoms with van der Waals surface area (Å²) in [4.78, 5) is 16.1. The smallest absolute Gasteiger partial charge is 0.246 e. The Morgan fingerprint density at radius 1 is 1.14 bits per heavy atom. The van der Waals surface area contributed by atoms with Crippen molar-refractivity contribution >= 4 is 27.3 Å². The molecule has 2 aromatic rings. The summed E-state index contributed by atoms with van der Waals surface area (Å²) in [6, 6.07) is 6.92. The Labute approximate surface area is 168 Å². The van der Waals surface area contributed by atoms with Crippen LogP contribution in [-0.4, -0.2) is 63.0 Å². The number of benzene rings is 1. The summed E-state index contributed by atoms with van der Waals surface area (Å²) < 4.78 is 23.9. The molecule has 2 fully saturated rings. The molecule has 1 atom stereocenters. The third kappa shape index (κ3) is 4.20. The molecule has 1 amide bonds. The van der Waals surface area contributed by atoms with Gasteiger partial charge in [0.1, 0.15) is 6.54 Å². The first-order valence-corrected chi connectivity index (χ1v) is 11.7. The van der Waals surface area contributed by atoms with E-state index in [0.717, 1.165) is 31.2 Å². The normalized spacial score (nSPS) is 21.8. The monoisotopic (exact) mass is 423 g/mol. The first-order chi connectivity index (χ1) is 13.4. The van der Waals surface area contributed by atoms with Gasteiger partial charge in [0.2, 0.25) is 11.7 Å². The van der Waals surface area contributed by atoms with Crippen molar-refractivity contribution in [3.8, 4) is 11.4 Å². The molecule has 150 valence electrons. The lowest BCUT2D eigenvalue weighted by Crippen LogP contribution is -2.48. The molecule has 2 aliphatic rings.